The summed E-state index contributed by atoms with van der Waals surface area (Å²) in [5.41, 5.74) is -0.656. The van der Waals surface area contributed by atoms with Gasteiger partial charge in [0.25, 0.3) is 0 Å². The Hall–Kier alpha value is -2.31. The van der Waals surface area contributed by atoms with E-state index in [2.05, 4.69) is 4.98 Å². The van der Waals surface area contributed by atoms with Crippen molar-refractivity contribution in [2.24, 2.45) is 0 Å². The van der Waals surface area contributed by atoms with Crippen LogP contribution in [-0.4, -0.2) is 16.1 Å². The Kier molecular flexibility index (Phi) is 4.34. The topological polar surface area (TPSA) is 50.2 Å². The molecule has 3 nitrogen and oxygen atoms in total. The molecule has 0 aliphatic heterocycles. The van der Waals surface area contributed by atoms with Crippen LogP contribution in [0.4, 0.5) is 13.2 Å². The van der Waals surface area contributed by atoms with Gasteiger partial charge in [0.15, 0.2) is 0 Å². The van der Waals surface area contributed by atoms with Crippen molar-refractivity contribution in [1.29, 1.82) is 0 Å². The summed E-state index contributed by atoms with van der Waals surface area (Å²) in [4.78, 5) is 15.8. The summed E-state index contributed by atoms with van der Waals surface area (Å²) in [6.45, 7) is 0. The van der Waals surface area contributed by atoms with Gasteiger partial charge in [-0.1, -0.05) is 35.3 Å². The number of aromatic nitrogens is 1. The SMILES string of the molecule is O=C(O)c1cc(-c2cccc(C(F)(F)F)c2)nc2c(Cl)cc(Cl)cc12. The molecule has 128 valence electrons. The molecule has 1 aromatic heterocycles. The van der Waals surface area contributed by atoms with Gasteiger partial charge in [0, 0.05) is 16.0 Å². The lowest BCUT2D eigenvalue weighted by Gasteiger charge is -2.11. The van der Waals surface area contributed by atoms with E-state index in [0.717, 1.165) is 12.1 Å². The molecule has 0 spiro atoms. The molecule has 0 saturated heterocycles. The Morgan fingerprint density at radius 1 is 1.08 bits per heavy atom. The number of carbonyl (C=O) groups is 1. The molecule has 0 fully saturated rings. The first-order valence-electron chi connectivity index (χ1n) is 6.87. The summed E-state index contributed by atoms with van der Waals surface area (Å²) in [7, 11) is 0. The fourth-order valence-electron chi connectivity index (χ4n) is 2.43. The van der Waals surface area contributed by atoms with Gasteiger partial charge in [0.05, 0.1) is 27.4 Å². The summed E-state index contributed by atoms with van der Waals surface area (Å²) < 4.78 is 38.7. The predicted molar refractivity (Wildman–Crippen MR) is 89.2 cm³/mol. The predicted octanol–water partition coefficient (Wildman–Crippen LogP) is 5.93. The number of hydrogen-bond acceptors (Lipinski definition) is 2. The summed E-state index contributed by atoms with van der Waals surface area (Å²) >= 11 is 12.0. The van der Waals surface area contributed by atoms with E-state index in [4.69, 9.17) is 23.2 Å². The third-order valence-electron chi connectivity index (χ3n) is 3.55. The molecule has 1 N–H and O–H groups in total. The highest BCUT2D eigenvalue weighted by atomic mass is 35.5. The maximum atomic E-state index is 12.9. The average molecular weight is 386 g/mol. The Labute approximate surface area is 149 Å². The first-order valence-corrected chi connectivity index (χ1v) is 7.63. The molecule has 1 heterocycles. The zero-order chi connectivity index (χ0) is 18.4. The van der Waals surface area contributed by atoms with Crippen molar-refractivity contribution in [2.75, 3.05) is 0 Å². The minimum absolute atomic E-state index is 0.0697. The molecule has 0 aliphatic carbocycles. The summed E-state index contributed by atoms with van der Waals surface area (Å²) in [5.74, 6) is -1.26. The molecule has 3 rings (SSSR count). The van der Waals surface area contributed by atoms with Crippen LogP contribution < -0.4 is 0 Å². The van der Waals surface area contributed by atoms with Gasteiger partial charge in [0.1, 0.15) is 0 Å². The van der Waals surface area contributed by atoms with E-state index in [-0.39, 0.29) is 37.8 Å². The molecule has 8 heteroatoms. The number of halogens is 5. The van der Waals surface area contributed by atoms with Gasteiger partial charge in [-0.2, -0.15) is 13.2 Å². The van der Waals surface area contributed by atoms with Crippen LogP contribution in [0.25, 0.3) is 22.2 Å². The average Bonchev–Trinajstić information content (AvgIpc) is 2.53. The highest BCUT2D eigenvalue weighted by molar-refractivity contribution is 6.38. The van der Waals surface area contributed by atoms with Crippen molar-refractivity contribution in [3.05, 3.63) is 63.6 Å². The number of pyridine rings is 1. The van der Waals surface area contributed by atoms with Gasteiger partial charge in [-0.15, -0.1) is 0 Å². The van der Waals surface area contributed by atoms with Gasteiger partial charge in [0.2, 0.25) is 0 Å². The number of carboxylic acid groups (broad SMARTS) is 1. The second-order valence-electron chi connectivity index (χ2n) is 5.22. The van der Waals surface area contributed by atoms with Crippen molar-refractivity contribution in [3.8, 4) is 11.3 Å². The Morgan fingerprint density at radius 3 is 2.44 bits per heavy atom. The van der Waals surface area contributed by atoms with Crippen molar-refractivity contribution in [3.63, 3.8) is 0 Å². The summed E-state index contributed by atoms with van der Waals surface area (Å²) in [6, 6.07) is 8.47. The largest absolute Gasteiger partial charge is 0.478 e. The molecule has 25 heavy (non-hydrogen) atoms. The highest BCUT2D eigenvalue weighted by Crippen LogP contribution is 2.34. The van der Waals surface area contributed by atoms with Crippen molar-refractivity contribution in [1.82, 2.24) is 4.98 Å². The van der Waals surface area contributed by atoms with Gasteiger partial charge >= 0.3 is 12.1 Å². The molecule has 0 saturated carbocycles. The molecule has 0 unspecified atom stereocenters. The summed E-state index contributed by atoms with van der Waals surface area (Å²) in [5, 5.41) is 9.98. The Bertz CT molecular complexity index is 1000. The van der Waals surface area contributed by atoms with E-state index in [1.54, 1.807) is 0 Å². The van der Waals surface area contributed by atoms with Crippen LogP contribution in [0.2, 0.25) is 10.0 Å². The monoisotopic (exact) mass is 385 g/mol. The molecule has 0 atom stereocenters. The van der Waals surface area contributed by atoms with Crippen LogP contribution in [0.5, 0.6) is 0 Å². The summed E-state index contributed by atoms with van der Waals surface area (Å²) in [6.07, 6.45) is -4.52. The lowest BCUT2D eigenvalue weighted by molar-refractivity contribution is -0.137. The molecule has 3 aromatic rings. The molecule has 0 aliphatic rings. The lowest BCUT2D eigenvalue weighted by Crippen LogP contribution is -2.05. The number of benzene rings is 2. The standard InChI is InChI=1S/C17H8Cl2F3NO2/c18-10-5-11-12(16(24)25)7-14(23-15(11)13(19)6-10)8-2-1-3-9(4-8)17(20,21)22/h1-7H,(H,24,25). The normalized spacial score (nSPS) is 11.7. The molecular weight excluding hydrogens is 378 g/mol. The van der Waals surface area contributed by atoms with Crippen LogP contribution in [-0.2, 0) is 6.18 Å². The first kappa shape index (κ1) is 17.5. The van der Waals surface area contributed by atoms with Gasteiger partial charge in [-0.25, -0.2) is 9.78 Å². The number of nitrogens with zero attached hydrogens (tertiary/aromatic N) is 1. The van der Waals surface area contributed by atoms with Crippen molar-refractivity contribution >= 4 is 40.1 Å². The quantitative estimate of drug-likeness (QED) is 0.594. The number of carboxylic acids is 1. The van der Waals surface area contributed by atoms with E-state index >= 15 is 0 Å². The fraction of sp³-hybridized carbons (Fsp3) is 0.0588. The number of hydrogen-bond donors (Lipinski definition) is 1. The number of alkyl halides is 3. The Balaban J connectivity index is 2.30. The zero-order valence-corrected chi connectivity index (χ0v) is 13.7. The van der Waals surface area contributed by atoms with Crippen LogP contribution in [0, 0.1) is 0 Å². The van der Waals surface area contributed by atoms with E-state index in [1.165, 1.54) is 30.3 Å². The second kappa shape index (κ2) is 6.20. The molecular formula is C17H8Cl2F3NO2. The van der Waals surface area contributed by atoms with Crippen LogP contribution >= 0.6 is 23.2 Å². The van der Waals surface area contributed by atoms with E-state index in [0.29, 0.717) is 0 Å². The van der Waals surface area contributed by atoms with E-state index in [9.17, 15) is 23.1 Å². The fourth-order valence-corrected chi connectivity index (χ4v) is 2.97. The van der Waals surface area contributed by atoms with Gasteiger partial charge < -0.3 is 5.11 Å². The zero-order valence-electron chi connectivity index (χ0n) is 12.2. The first-order chi connectivity index (χ1) is 11.7. The molecule has 2 aromatic carbocycles. The number of aromatic carboxylic acids is 1. The molecule has 0 radical (unpaired) electrons. The third kappa shape index (κ3) is 3.41. The van der Waals surface area contributed by atoms with Crippen molar-refractivity contribution in [2.45, 2.75) is 6.18 Å². The van der Waals surface area contributed by atoms with Crippen molar-refractivity contribution < 1.29 is 23.1 Å². The van der Waals surface area contributed by atoms with Crippen LogP contribution in [0.15, 0.2) is 42.5 Å². The van der Waals surface area contributed by atoms with E-state index < -0.39 is 17.7 Å². The maximum Gasteiger partial charge on any atom is 0.416 e. The van der Waals surface area contributed by atoms with E-state index in [1.807, 2.05) is 0 Å². The highest BCUT2D eigenvalue weighted by Gasteiger charge is 2.30. The Morgan fingerprint density at radius 2 is 1.80 bits per heavy atom. The minimum Gasteiger partial charge on any atom is -0.478 e. The second-order valence-corrected chi connectivity index (χ2v) is 6.07. The van der Waals surface area contributed by atoms with Gasteiger partial charge in [-0.3, -0.25) is 0 Å². The number of fused-ring (bicyclic) bond motifs is 1. The third-order valence-corrected chi connectivity index (χ3v) is 4.05. The number of rotatable bonds is 2. The van der Waals surface area contributed by atoms with Crippen LogP contribution in [0.1, 0.15) is 15.9 Å². The van der Waals surface area contributed by atoms with Crippen LogP contribution in [0.3, 0.4) is 0 Å². The van der Waals surface area contributed by atoms with Gasteiger partial charge in [-0.05, 0) is 30.3 Å². The molecule has 0 amide bonds. The maximum absolute atomic E-state index is 12.9. The lowest BCUT2D eigenvalue weighted by atomic mass is 10.0. The smallest absolute Gasteiger partial charge is 0.416 e. The minimum atomic E-state index is -4.52. The molecule has 0 bridgehead atoms.